The van der Waals surface area contributed by atoms with E-state index in [1.54, 1.807) is 31.4 Å². The lowest BCUT2D eigenvalue weighted by Gasteiger charge is -2.24. The third kappa shape index (κ3) is 5.51. The Bertz CT molecular complexity index is 1050. The van der Waals surface area contributed by atoms with Crippen LogP contribution in [0.5, 0.6) is 5.75 Å². The smallest absolute Gasteiger partial charge is 0.246 e. The van der Waals surface area contributed by atoms with Gasteiger partial charge in [-0.25, -0.2) is 13.8 Å². The number of hydrogen-bond acceptors (Lipinski definition) is 4. The van der Waals surface area contributed by atoms with Gasteiger partial charge in [0.2, 0.25) is 5.91 Å². The topological polar surface area (TPSA) is 42.4 Å². The Balaban J connectivity index is 1.57. The number of aromatic nitrogens is 1. The Hall–Kier alpha value is -3.06. The van der Waals surface area contributed by atoms with Gasteiger partial charge in [-0.1, -0.05) is 18.2 Å². The fourth-order valence-electron chi connectivity index (χ4n) is 2.78. The van der Waals surface area contributed by atoms with Gasteiger partial charge in [-0.3, -0.25) is 4.79 Å². The molecule has 0 saturated heterocycles. The van der Waals surface area contributed by atoms with Crippen LogP contribution < -0.4 is 4.74 Å². The molecule has 0 bridgehead atoms. The standard InChI is InChI=1S/C23H22F2N2O2S/c1-15(18-7-10-21(24)22(25)12-18)27(3)23(28)11-6-17-4-8-20(9-5-17)29-13-19-14-30-16(2)26-19/h4-12,14-15H,13H2,1-3H3/b11-6+. The van der Waals surface area contributed by atoms with Crippen LogP contribution in [0, 0.1) is 18.6 Å². The Morgan fingerprint density at radius 1 is 1.20 bits per heavy atom. The molecule has 0 saturated carbocycles. The average molecular weight is 429 g/mol. The number of halogens is 2. The van der Waals surface area contributed by atoms with Gasteiger partial charge in [-0.05, 0) is 55.3 Å². The van der Waals surface area contributed by atoms with E-state index >= 15 is 0 Å². The first-order valence-electron chi connectivity index (χ1n) is 9.37. The quantitative estimate of drug-likeness (QED) is 0.464. The van der Waals surface area contributed by atoms with Gasteiger partial charge in [0.25, 0.3) is 0 Å². The summed E-state index contributed by atoms with van der Waals surface area (Å²) in [6, 6.07) is 10.6. The molecule has 0 aliphatic carbocycles. The summed E-state index contributed by atoms with van der Waals surface area (Å²) in [5, 5.41) is 2.97. The van der Waals surface area contributed by atoms with E-state index in [4.69, 9.17) is 4.74 Å². The molecule has 0 aliphatic heterocycles. The lowest BCUT2D eigenvalue weighted by atomic mass is 10.1. The maximum Gasteiger partial charge on any atom is 0.246 e. The normalized spacial score (nSPS) is 12.2. The summed E-state index contributed by atoms with van der Waals surface area (Å²) < 4.78 is 32.3. The molecule has 0 N–H and O–H groups in total. The molecule has 0 aliphatic rings. The van der Waals surface area contributed by atoms with E-state index < -0.39 is 17.7 Å². The number of ether oxygens (including phenoxy) is 1. The fraction of sp³-hybridized carbons (Fsp3) is 0.217. The molecular weight excluding hydrogens is 406 g/mol. The highest BCUT2D eigenvalue weighted by molar-refractivity contribution is 7.09. The number of nitrogens with zero attached hydrogens (tertiary/aromatic N) is 2. The first-order chi connectivity index (χ1) is 14.3. The van der Waals surface area contributed by atoms with Crippen LogP contribution in [-0.2, 0) is 11.4 Å². The number of likely N-dealkylation sites (N-methyl/N-ethyl adjacent to an activating group) is 1. The van der Waals surface area contributed by atoms with Crippen molar-refractivity contribution >= 4 is 23.3 Å². The highest BCUT2D eigenvalue weighted by Gasteiger charge is 2.17. The van der Waals surface area contributed by atoms with Crippen molar-refractivity contribution in [2.75, 3.05) is 7.05 Å². The van der Waals surface area contributed by atoms with E-state index in [9.17, 15) is 13.6 Å². The Labute approximate surface area is 178 Å². The number of rotatable bonds is 7. The molecule has 1 amide bonds. The summed E-state index contributed by atoms with van der Waals surface area (Å²) in [5.74, 6) is -1.36. The fourth-order valence-corrected chi connectivity index (χ4v) is 3.38. The molecule has 156 valence electrons. The van der Waals surface area contributed by atoms with Crippen LogP contribution >= 0.6 is 11.3 Å². The molecule has 0 spiro atoms. The van der Waals surface area contributed by atoms with Crippen LogP contribution in [0.25, 0.3) is 6.08 Å². The number of aryl methyl sites for hydroxylation is 1. The maximum atomic E-state index is 13.5. The molecule has 7 heteroatoms. The third-order valence-corrected chi connectivity index (χ3v) is 5.53. The molecule has 1 aromatic heterocycles. The number of amides is 1. The van der Waals surface area contributed by atoms with Gasteiger partial charge in [0.1, 0.15) is 12.4 Å². The SMILES string of the molecule is Cc1nc(COc2ccc(/C=C/C(=O)N(C)C(C)c3ccc(F)c(F)c3)cc2)cs1. The van der Waals surface area contributed by atoms with Crippen molar-refractivity contribution < 1.29 is 18.3 Å². The summed E-state index contributed by atoms with van der Waals surface area (Å²) in [6.07, 6.45) is 3.15. The van der Waals surface area contributed by atoms with Gasteiger partial charge < -0.3 is 9.64 Å². The molecule has 1 unspecified atom stereocenters. The Morgan fingerprint density at radius 3 is 2.57 bits per heavy atom. The molecular formula is C23H22F2N2O2S. The first-order valence-corrected chi connectivity index (χ1v) is 10.2. The Kier molecular flexibility index (Phi) is 6.95. The van der Waals surface area contributed by atoms with Gasteiger partial charge in [0.15, 0.2) is 11.6 Å². The number of carbonyl (C=O) groups is 1. The molecule has 1 atom stereocenters. The monoisotopic (exact) mass is 428 g/mol. The largest absolute Gasteiger partial charge is 0.487 e. The van der Waals surface area contributed by atoms with Crippen LogP contribution in [0.4, 0.5) is 8.78 Å². The predicted molar refractivity (Wildman–Crippen MR) is 114 cm³/mol. The van der Waals surface area contributed by atoms with E-state index in [0.717, 1.165) is 28.4 Å². The highest BCUT2D eigenvalue weighted by atomic mass is 32.1. The van der Waals surface area contributed by atoms with E-state index in [-0.39, 0.29) is 5.91 Å². The van der Waals surface area contributed by atoms with Crippen LogP contribution in [-0.4, -0.2) is 22.8 Å². The third-order valence-electron chi connectivity index (χ3n) is 4.71. The van der Waals surface area contributed by atoms with Gasteiger partial charge in [0, 0.05) is 18.5 Å². The lowest BCUT2D eigenvalue weighted by molar-refractivity contribution is -0.126. The summed E-state index contributed by atoms with van der Waals surface area (Å²) >= 11 is 1.58. The summed E-state index contributed by atoms with van der Waals surface area (Å²) in [6.45, 7) is 4.12. The number of carbonyl (C=O) groups excluding carboxylic acids is 1. The zero-order valence-electron chi connectivity index (χ0n) is 16.9. The van der Waals surface area contributed by atoms with Crippen LogP contribution in [0.1, 0.15) is 34.8 Å². The lowest BCUT2D eigenvalue weighted by Crippen LogP contribution is -2.28. The minimum Gasteiger partial charge on any atom is -0.487 e. The summed E-state index contributed by atoms with van der Waals surface area (Å²) in [5.41, 5.74) is 2.26. The van der Waals surface area contributed by atoms with E-state index in [1.165, 1.54) is 17.0 Å². The summed E-state index contributed by atoms with van der Waals surface area (Å²) in [4.78, 5) is 18.3. The molecule has 2 aromatic carbocycles. The Morgan fingerprint density at radius 2 is 1.93 bits per heavy atom. The second-order valence-electron chi connectivity index (χ2n) is 6.85. The second kappa shape index (κ2) is 9.63. The van der Waals surface area contributed by atoms with Crippen LogP contribution in [0.3, 0.4) is 0 Å². The van der Waals surface area contributed by atoms with Crippen molar-refractivity contribution in [3.63, 3.8) is 0 Å². The molecule has 4 nitrogen and oxygen atoms in total. The molecule has 3 rings (SSSR count). The van der Waals surface area contributed by atoms with Crippen molar-refractivity contribution in [1.82, 2.24) is 9.88 Å². The number of benzene rings is 2. The number of hydrogen-bond donors (Lipinski definition) is 0. The highest BCUT2D eigenvalue weighted by Crippen LogP contribution is 2.22. The first kappa shape index (κ1) is 21.6. The predicted octanol–water partition coefficient (Wildman–Crippen LogP) is 5.54. The molecule has 1 heterocycles. The van der Waals surface area contributed by atoms with Crippen molar-refractivity contribution in [2.24, 2.45) is 0 Å². The van der Waals surface area contributed by atoms with Crippen molar-refractivity contribution in [3.05, 3.63) is 87.4 Å². The van der Waals surface area contributed by atoms with E-state index in [1.807, 2.05) is 36.6 Å². The average Bonchev–Trinajstić information content (AvgIpc) is 3.17. The minimum absolute atomic E-state index is 0.244. The van der Waals surface area contributed by atoms with Crippen molar-refractivity contribution in [2.45, 2.75) is 26.5 Å². The van der Waals surface area contributed by atoms with Gasteiger partial charge in [-0.15, -0.1) is 11.3 Å². The van der Waals surface area contributed by atoms with E-state index in [2.05, 4.69) is 4.98 Å². The van der Waals surface area contributed by atoms with Gasteiger partial charge >= 0.3 is 0 Å². The molecule has 3 aromatic rings. The minimum atomic E-state index is -0.928. The number of thiazole rings is 1. The van der Waals surface area contributed by atoms with Crippen molar-refractivity contribution in [3.8, 4) is 5.75 Å². The zero-order valence-corrected chi connectivity index (χ0v) is 17.7. The maximum absolute atomic E-state index is 13.5. The molecule has 0 fully saturated rings. The molecule has 0 radical (unpaired) electrons. The van der Waals surface area contributed by atoms with Gasteiger partial charge in [0.05, 0.1) is 16.7 Å². The zero-order chi connectivity index (χ0) is 21.7. The second-order valence-corrected chi connectivity index (χ2v) is 7.91. The van der Waals surface area contributed by atoms with Crippen LogP contribution in [0.2, 0.25) is 0 Å². The van der Waals surface area contributed by atoms with Crippen molar-refractivity contribution in [1.29, 1.82) is 0 Å². The van der Waals surface area contributed by atoms with E-state index in [0.29, 0.717) is 17.9 Å². The van der Waals surface area contributed by atoms with Gasteiger partial charge in [-0.2, -0.15) is 0 Å². The summed E-state index contributed by atoms with van der Waals surface area (Å²) in [7, 11) is 1.62. The molecule has 30 heavy (non-hydrogen) atoms. The van der Waals surface area contributed by atoms with Crippen LogP contribution in [0.15, 0.2) is 53.9 Å².